The first kappa shape index (κ1) is 28.1. The van der Waals surface area contributed by atoms with Gasteiger partial charge in [-0.15, -0.1) is 11.3 Å². The van der Waals surface area contributed by atoms with E-state index in [0.717, 1.165) is 49.8 Å². The number of aromatic nitrogens is 2. The Morgan fingerprint density at radius 3 is 2.53 bits per heavy atom. The lowest BCUT2D eigenvalue weighted by molar-refractivity contribution is -0.138. The van der Waals surface area contributed by atoms with Crippen LogP contribution in [-0.2, 0) is 0 Å². The van der Waals surface area contributed by atoms with E-state index < -0.39 is 54.0 Å². The zero-order valence-electron chi connectivity index (χ0n) is 20.7. The van der Waals surface area contributed by atoms with E-state index in [1.807, 2.05) is 6.92 Å². The van der Waals surface area contributed by atoms with Crippen LogP contribution >= 0.6 is 11.3 Å². The lowest BCUT2D eigenvalue weighted by atomic mass is 10.1. The van der Waals surface area contributed by atoms with E-state index in [2.05, 4.69) is 20.6 Å². The number of aliphatic hydroxyl groups is 1. The molecular formula is C24H28F5N5O3S. The van der Waals surface area contributed by atoms with Gasteiger partial charge in [-0.1, -0.05) is 0 Å². The van der Waals surface area contributed by atoms with Gasteiger partial charge < -0.3 is 20.6 Å². The number of likely N-dealkylation sites (tertiary alicyclic amines) is 1. The molecule has 0 spiro atoms. The van der Waals surface area contributed by atoms with Crippen molar-refractivity contribution in [1.82, 2.24) is 20.2 Å². The lowest BCUT2D eigenvalue weighted by Crippen LogP contribution is -2.40. The van der Waals surface area contributed by atoms with Crippen LogP contribution in [0.25, 0.3) is 10.4 Å². The summed E-state index contributed by atoms with van der Waals surface area (Å²) in [6.45, 7) is 3.12. The highest BCUT2D eigenvalue weighted by molar-refractivity contribution is 7.17. The molecule has 38 heavy (non-hydrogen) atoms. The molecule has 14 heteroatoms. The van der Waals surface area contributed by atoms with Crippen LogP contribution in [0.15, 0.2) is 12.3 Å². The number of anilines is 1. The van der Waals surface area contributed by atoms with Crippen molar-refractivity contribution >= 4 is 29.0 Å². The first-order chi connectivity index (χ1) is 17.9. The average Bonchev–Trinajstić information content (AvgIpc) is 3.58. The van der Waals surface area contributed by atoms with Crippen LogP contribution < -0.4 is 10.6 Å². The number of hydrogen-bond acceptors (Lipinski definition) is 7. The van der Waals surface area contributed by atoms with Crippen LogP contribution in [0.2, 0.25) is 0 Å². The quantitative estimate of drug-likeness (QED) is 0.421. The lowest BCUT2D eigenvalue weighted by Gasteiger charge is -2.21. The van der Waals surface area contributed by atoms with Gasteiger partial charge >= 0.3 is 6.18 Å². The van der Waals surface area contributed by atoms with Gasteiger partial charge in [-0.25, -0.2) is 18.7 Å². The fraction of sp³-hybridized carbons (Fsp3) is 0.583. The van der Waals surface area contributed by atoms with E-state index in [4.69, 9.17) is 0 Å². The molecule has 1 saturated carbocycles. The van der Waals surface area contributed by atoms with Crippen LogP contribution in [0.3, 0.4) is 0 Å². The van der Waals surface area contributed by atoms with Gasteiger partial charge in [0.2, 0.25) is 0 Å². The van der Waals surface area contributed by atoms with Crippen LogP contribution in [0.5, 0.6) is 0 Å². The predicted octanol–water partition coefficient (Wildman–Crippen LogP) is 4.77. The number of pyridine rings is 1. The average molecular weight is 562 g/mol. The molecule has 2 aromatic rings. The molecule has 2 amide bonds. The smallest absolute Gasteiger partial charge is 0.391 e. The molecule has 1 aliphatic heterocycles. The van der Waals surface area contributed by atoms with Gasteiger partial charge in [-0.05, 0) is 52.0 Å². The van der Waals surface area contributed by atoms with Gasteiger partial charge in [0.05, 0.1) is 17.0 Å². The monoisotopic (exact) mass is 561 g/mol. The second-order valence-corrected chi connectivity index (χ2v) is 10.6. The van der Waals surface area contributed by atoms with Gasteiger partial charge in [0.25, 0.3) is 18.2 Å². The van der Waals surface area contributed by atoms with Crippen molar-refractivity contribution in [1.29, 1.82) is 0 Å². The molecule has 1 aliphatic carbocycles. The summed E-state index contributed by atoms with van der Waals surface area (Å²) in [4.78, 5) is 36.1. The Kier molecular flexibility index (Phi) is 8.21. The van der Waals surface area contributed by atoms with E-state index in [1.165, 1.54) is 0 Å². The van der Waals surface area contributed by atoms with E-state index >= 15 is 0 Å². The second-order valence-electron chi connectivity index (χ2n) is 9.63. The van der Waals surface area contributed by atoms with Gasteiger partial charge in [-0.2, -0.15) is 13.2 Å². The second kappa shape index (κ2) is 11.1. The maximum absolute atomic E-state index is 14.1. The van der Waals surface area contributed by atoms with E-state index in [0.29, 0.717) is 19.4 Å². The molecule has 8 nitrogen and oxygen atoms in total. The minimum absolute atomic E-state index is 0.0237. The van der Waals surface area contributed by atoms with Crippen LogP contribution in [-0.4, -0.2) is 68.7 Å². The number of carbonyl (C=O) groups excluding carboxylic acids is 2. The number of alkyl halides is 5. The molecule has 4 atom stereocenters. The Morgan fingerprint density at radius 2 is 1.95 bits per heavy atom. The van der Waals surface area contributed by atoms with Crippen molar-refractivity contribution in [3.8, 4) is 10.4 Å². The largest absolute Gasteiger partial charge is 0.408 e. The normalized spacial score (nSPS) is 22.7. The maximum Gasteiger partial charge on any atom is 0.408 e. The van der Waals surface area contributed by atoms with Crippen LogP contribution in [0.4, 0.5) is 27.8 Å². The van der Waals surface area contributed by atoms with E-state index in [1.54, 1.807) is 4.90 Å². The highest BCUT2D eigenvalue weighted by Gasteiger charge is 2.37. The van der Waals surface area contributed by atoms with Crippen molar-refractivity contribution in [2.24, 2.45) is 0 Å². The van der Waals surface area contributed by atoms with Crippen molar-refractivity contribution < 1.29 is 36.6 Å². The first-order valence-electron chi connectivity index (χ1n) is 12.3. The highest BCUT2D eigenvalue weighted by atomic mass is 32.1. The summed E-state index contributed by atoms with van der Waals surface area (Å²) in [5.74, 6) is -1.60. The molecule has 0 radical (unpaired) electrons. The molecule has 1 unspecified atom stereocenters. The maximum atomic E-state index is 14.1. The molecule has 3 heterocycles. The van der Waals surface area contributed by atoms with Gasteiger partial charge in [-0.3, -0.25) is 9.59 Å². The molecule has 0 aromatic carbocycles. The highest BCUT2D eigenvalue weighted by Crippen LogP contribution is 2.39. The fourth-order valence-electron chi connectivity index (χ4n) is 4.68. The first-order valence-corrected chi connectivity index (χ1v) is 13.1. The summed E-state index contributed by atoms with van der Waals surface area (Å²) < 4.78 is 67.2. The molecule has 208 valence electrons. The van der Waals surface area contributed by atoms with Crippen molar-refractivity contribution in [2.75, 3.05) is 11.9 Å². The Labute approximate surface area is 219 Å². The SMILES string of the molecule is CC(Nc1cc(C(F)F)c(-c2sc(C(=O)N[C@@H]3CCC[C@H]3O)nc2C(=O)N2CCC[C@@H]2C)cn1)C(F)(F)F. The zero-order valence-corrected chi connectivity index (χ0v) is 21.5. The summed E-state index contributed by atoms with van der Waals surface area (Å²) in [5, 5.41) is 14.7. The molecule has 3 N–H and O–H groups in total. The molecule has 2 fully saturated rings. The summed E-state index contributed by atoms with van der Waals surface area (Å²) in [6.07, 6.45) is -4.18. The summed E-state index contributed by atoms with van der Waals surface area (Å²) in [5.41, 5.74) is -1.05. The fourth-order valence-corrected chi connectivity index (χ4v) is 5.67. The minimum Gasteiger partial charge on any atom is -0.391 e. The number of carbonyl (C=O) groups is 2. The Hall–Kier alpha value is -2.87. The summed E-state index contributed by atoms with van der Waals surface area (Å²) in [7, 11) is 0. The number of aliphatic hydroxyl groups excluding tert-OH is 1. The number of nitrogens with one attached hydrogen (secondary N) is 2. The van der Waals surface area contributed by atoms with Crippen LogP contribution in [0.1, 0.15) is 78.2 Å². The Morgan fingerprint density at radius 1 is 1.21 bits per heavy atom. The summed E-state index contributed by atoms with van der Waals surface area (Å²) in [6, 6.07) is -1.84. The van der Waals surface area contributed by atoms with E-state index in [-0.39, 0.29) is 27.2 Å². The number of thiazole rings is 1. The number of nitrogens with zero attached hydrogens (tertiary/aromatic N) is 3. The van der Waals surface area contributed by atoms with Crippen molar-refractivity contribution in [2.45, 2.75) is 82.8 Å². The standard InChI is InChI=1S/C24H28F5N5O3S/c1-11-5-4-8-34(11)23(37)18-19(38-22(33-18)21(36)32-15-6-3-7-16(15)35)14-10-30-17(9-13(14)20(25)26)31-12(2)24(27,28)29/h9-12,15-16,20,35H,3-8H2,1-2H3,(H,30,31)(H,32,36)/t11-,12?,15+,16+/m0/s1. The third-order valence-corrected chi connectivity index (χ3v) is 7.99. The van der Waals surface area contributed by atoms with E-state index in [9.17, 15) is 36.6 Å². The third kappa shape index (κ3) is 5.90. The van der Waals surface area contributed by atoms with Gasteiger partial charge in [0, 0.05) is 29.9 Å². The third-order valence-electron chi connectivity index (χ3n) is 6.90. The molecule has 2 aromatic heterocycles. The molecule has 2 aliphatic rings. The number of amides is 2. The van der Waals surface area contributed by atoms with Gasteiger partial charge in [0.1, 0.15) is 17.6 Å². The molecular weight excluding hydrogens is 533 g/mol. The van der Waals surface area contributed by atoms with Crippen molar-refractivity contribution in [3.63, 3.8) is 0 Å². The predicted molar refractivity (Wildman–Crippen MR) is 130 cm³/mol. The minimum atomic E-state index is -4.62. The molecule has 0 bridgehead atoms. The van der Waals surface area contributed by atoms with Crippen molar-refractivity contribution in [3.05, 3.63) is 28.5 Å². The molecule has 1 saturated heterocycles. The zero-order chi connectivity index (χ0) is 27.8. The Bertz CT molecular complexity index is 1190. The summed E-state index contributed by atoms with van der Waals surface area (Å²) >= 11 is 0.723. The Balaban J connectivity index is 1.74. The topological polar surface area (TPSA) is 107 Å². The number of hydrogen-bond donors (Lipinski definition) is 3. The number of rotatable bonds is 7. The van der Waals surface area contributed by atoms with Crippen LogP contribution in [0, 0.1) is 0 Å². The van der Waals surface area contributed by atoms with Gasteiger partial charge in [0.15, 0.2) is 5.01 Å². The molecule has 4 rings (SSSR count). The number of halogens is 5.